The summed E-state index contributed by atoms with van der Waals surface area (Å²) in [5.74, 6) is 0.900. The second-order valence-electron chi connectivity index (χ2n) is 5.88. The molecule has 0 unspecified atom stereocenters. The predicted molar refractivity (Wildman–Crippen MR) is 84.2 cm³/mol. The highest BCUT2D eigenvalue weighted by atomic mass is 28.4. The van der Waals surface area contributed by atoms with Gasteiger partial charge in [0, 0.05) is 0 Å². The van der Waals surface area contributed by atoms with Crippen molar-refractivity contribution in [1.29, 1.82) is 0 Å². The van der Waals surface area contributed by atoms with Crippen molar-refractivity contribution in [3.8, 4) is 5.75 Å². The molecule has 1 aliphatic heterocycles. The van der Waals surface area contributed by atoms with Crippen molar-refractivity contribution in [3.63, 3.8) is 0 Å². The maximum atomic E-state index is 6.44. The Kier molecular flexibility index (Phi) is 3.19. The van der Waals surface area contributed by atoms with Gasteiger partial charge in [0.2, 0.25) is 8.32 Å². The molecule has 1 heterocycles. The highest BCUT2D eigenvalue weighted by Crippen LogP contribution is 2.37. The van der Waals surface area contributed by atoms with Gasteiger partial charge in [-0.1, -0.05) is 35.9 Å². The minimum Gasteiger partial charge on any atom is -0.497 e. The van der Waals surface area contributed by atoms with Crippen molar-refractivity contribution in [2.45, 2.75) is 26.1 Å². The Balaban J connectivity index is 2.12. The van der Waals surface area contributed by atoms with Gasteiger partial charge in [-0.3, -0.25) is 0 Å². The fourth-order valence-electron chi connectivity index (χ4n) is 2.94. The summed E-state index contributed by atoms with van der Waals surface area (Å²) in [4.78, 5) is 0. The third-order valence-corrected chi connectivity index (χ3v) is 6.52. The Labute approximate surface area is 121 Å². The van der Waals surface area contributed by atoms with E-state index in [1.165, 1.54) is 21.9 Å². The molecule has 0 fully saturated rings. The molecule has 0 saturated heterocycles. The van der Waals surface area contributed by atoms with E-state index in [2.05, 4.69) is 56.4 Å². The van der Waals surface area contributed by atoms with Crippen LogP contribution in [0.5, 0.6) is 5.75 Å². The minimum atomic E-state index is -1.82. The monoisotopic (exact) mass is 284 g/mol. The number of aryl methyl sites for hydroxylation is 1. The summed E-state index contributed by atoms with van der Waals surface area (Å²) in [6, 6.07) is 14.9. The molecule has 2 nitrogen and oxygen atoms in total. The summed E-state index contributed by atoms with van der Waals surface area (Å²) >= 11 is 0. The molecule has 0 spiro atoms. The Hall–Kier alpha value is -1.58. The summed E-state index contributed by atoms with van der Waals surface area (Å²) in [5.41, 5.74) is 3.77. The first-order valence-electron chi connectivity index (χ1n) is 6.94. The van der Waals surface area contributed by atoms with Crippen LogP contribution in [-0.2, 0) is 4.43 Å². The number of rotatable bonds is 2. The smallest absolute Gasteiger partial charge is 0.219 e. The molecule has 0 radical (unpaired) electrons. The largest absolute Gasteiger partial charge is 0.497 e. The molecule has 0 N–H and O–H groups in total. The van der Waals surface area contributed by atoms with Crippen LogP contribution in [0.2, 0.25) is 13.1 Å². The molecule has 2 aromatic carbocycles. The molecule has 3 rings (SSSR count). The van der Waals surface area contributed by atoms with Crippen LogP contribution >= 0.6 is 0 Å². The predicted octanol–water partition coefficient (Wildman–Crippen LogP) is 3.54. The van der Waals surface area contributed by atoms with E-state index >= 15 is 0 Å². The normalized spacial score (nSPS) is 19.7. The standard InChI is InChI=1S/C17H20O2Si/c1-12-6-5-7-13(10-12)17-15-11-14(18-2)8-9-16(15)20(3,4)19-17/h5-11,17H,1-4H3/t17-/m1/s1. The molecule has 2 aromatic rings. The van der Waals surface area contributed by atoms with Crippen molar-refractivity contribution in [2.24, 2.45) is 0 Å². The zero-order valence-corrected chi connectivity index (χ0v) is 13.4. The van der Waals surface area contributed by atoms with Gasteiger partial charge in [-0.15, -0.1) is 0 Å². The number of hydrogen-bond donors (Lipinski definition) is 0. The van der Waals surface area contributed by atoms with Gasteiger partial charge >= 0.3 is 0 Å². The van der Waals surface area contributed by atoms with E-state index in [4.69, 9.17) is 9.16 Å². The number of benzene rings is 2. The fourth-order valence-corrected chi connectivity index (χ4v) is 5.30. The van der Waals surface area contributed by atoms with Crippen LogP contribution in [-0.4, -0.2) is 15.4 Å². The first kappa shape index (κ1) is 13.4. The highest BCUT2D eigenvalue weighted by molar-refractivity contribution is 6.85. The van der Waals surface area contributed by atoms with Crippen LogP contribution in [0.25, 0.3) is 0 Å². The van der Waals surface area contributed by atoms with Gasteiger partial charge in [-0.2, -0.15) is 0 Å². The van der Waals surface area contributed by atoms with E-state index in [0.717, 1.165) is 5.75 Å². The molecule has 0 aliphatic carbocycles. The van der Waals surface area contributed by atoms with Crippen LogP contribution in [0.1, 0.15) is 22.8 Å². The molecule has 1 aliphatic rings. The maximum Gasteiger partial charge on any atom is 0.219 e. The minimum absolute atomic E-state index is 0.0432. The van der Waals surface area contributed by atoms with Crippen molar-refractivity contribution in [3.05, 3.63) is 59.2 Å². The Morgan fingerprint density at radius 1 is 1.10 bits per heavy atom. The molecule has 0 aromatic heterocycles. The van der Waals surface area contributed by atoms with Crippen molar-refractivity contribution in [1.82, 2.24) is 0 Å². The van der Waals surface area contributed by atoms with Gasteiger partial charge in [0.05, 0.1) is 13.2 Å². The number of hydrogen-bond acceptors (Lipinski definition) is 2. The molecule has 20 heavy (non-hydrogen) atoms. The second-order valence-corrected chi connectivity index (χ2v) is 9.67. The first-order chi connectivity index (χ1) is 9.51. The lowest BCUT2D eigenvalue weighted by Gasteiger charge is -2.18. The molecule has 1 atom stereocenters. The molecule has 0 amide bonds. The van der Waals surface area contributed by atoms with Crippen LogP contribution < -0.4 is 9.92 Å². The Morgan fingerprint density at radius 3 is 2.60 bits per heavy atom. The number of fused-ring (bicyclic) bond motifs is 1. The van der Waals surface area contributed by atoms with Gasteiger partial charge in [-0.05, 0) is 48.5 Å². The van der Waals surface area contributed by atoms with E-state index < -0.39 is 8.32 Å². The van der Waals surface area contributed by atoms with Crippen LogP contribution in [0.3, 0.4) is 0 Å². The van der Waals surface area contributed by atoms with Crippen molar-refractivity contribution >= 4 is 13.5 Å². The Morgan fingerprint density at radius 2 is 1.90 bits per heavy atom. The van der Waals surface area contributed by atoms with Gasteiger partial charge in [0.15, 0.2) is 0 Å². The van der Waals surface area contributed by atoms with Gasteiger partial charge in [0.1, 0.15) is 5.75 Å². The number of ether oxygens (including phenoxy) is 1. The Bertz CT molecular complexity index is 649. The van der Waals surface area contributed by atoms with Gasteiger partial charge in [-0.25, -0.2) is 0 Å². The average Bonchev–Trinajstić information content (AvgIpc) is 2.70. The van der Waals surface area contributed by atoms with Crippen molar-refractivity contribution < 1.29 is 9.16 Å². The SMILES string of the molecule is COc1ccc2c(c1)[C@@H](c1cccc(C)c1)O[Si]2(C)C. The third-order valence-electron chi connectivity index (χ3n) is 3.95. The quantitative estimate of drug-likeness (QED) is 0.785. The lowest BCUT2D eigenvalue weighted by atomic mass is 10.00. The lowest BCUT2D eigenvalue weighted by Crippen LogP contribution is -2.39. The third kappa shape index (κ3) is 2.17. The van der Waals surface area contributed by atoms with Gasteiger partial charge < -0.3 is 9.16 Å². The van der Waals surface area contributed by atoms with E-state index in [9.17, 15) is 0 Å². The number of methoxy groups -OCH3 is 1. The summed E-state index contributed by atoms with van der Waals surface area (Å²) < 4.78 is 11.8. The summed E-state index contributed by atoms with van der Waals surface area (Å²) in [5, 5.41) is 1.38. The molecular weight excluding hydrogens is 264 g/mol. The molecule has 0 saturated carbocycles. The average molecular weight is 284 g/mol. The topological polar surface area (TPSA) is 18.5 Å². The molecule has 104 valence electrons. The van der Waals surface area contributed by atoms with E-state index in [0.29, 0.717) is 0 Å². The first-order valence-corrected chi connectivity index (χ1v) is 9.85. The van der Waals surface area contributed by atoms with Gasteiger partial charge in [0.25, 0.3) is 0 Å². The van der Waals surface area contributed by atoms with Crippen molar-refractivity contribution in [2.75, 3.05) is 7.11 Å². The summed E-state index contributed by atoms with van der Waals surface area (Å²) in [7, 11) is -0.105. The summed E-state index contributed by atoms with van der Waals surface area (Å²) in [6.07, 6.45) is 0.0432. The molecule has 3 heteroatoms. The van der Waals surface area contributed by atoms with Crippen LogP contribution in [0, 0.1) is 6.92 Å². The zero-order chi connectivity index (χ0) is 14.3. The lowest BCUT2D eigenvalue weighted by molar-refractivity contribution is 0.258. The zero-order valence-electron chi connectivity index (χ0n) is 12.4. The van der Waals surface area contributed by atoms with Crippen LogP contribution in [0.4, 0.5) is 0 Å². The second kappa shape index (κ2) is 4.76. The molecular formula is C17H20O2Si. The van der Waals surface area contributed by atoms with E-state index in [1.54, 1.807) is 7.11 Å². The fraction of sp³-hybridized carbons (Fsp3) is 0.294. The maximum absolute atomic E-state index is 6.44. The summed E-state index contributed by atoms with van der Waals surface area (Å²) in [6.45, 7) is 6.63. The molecule has 0 bridgehead atoms. The van der Waals surface area contributed by atoms with E-state index in [-0.39, 0.29) is 6.10 Å². The highest BCUT2D eigenvalue weighted by Gasteiger charge is 2.40. The van der Waals surface area contributed by atoms with E-state index in [1.807, 2.05) is 6.07 Å². The van der Waals surface area contributed by atoms with Crippen LogP contribution in [0.15, 0.2) is 42.5 Å².